The number of nitrogens with zero attached hydrogens (tertiary/aromatic N) is 2. The van der Waals surface area contributed by atoms with Crippen LogP contribution in [-0.4, -0.2) is 23.2 Å². The number of hydrogen-bond donors (Lipinski definition) is 1. The van der Waals surface area contributed by atoms with Crippen molar-refractivity contribution in [3.05, 3.63) is 11.7 Å². The van der Waals surface area contributed by atoms with Crippen molar-refractivity contribution < 1.29 is 4.52 Å². The van der Waals surface area contributed by atoms with E-state index in [0.29, 0.717) is 11.3 Å². The molecule has 1 aliphatic carbocycles. The predicted octanol–water partition coefficient (Wildman–Crippen LogP) is 2.22. The molecule has 2 unspecified atom stereocenters. The molecular weight excluding hydrogens is 214 g/mol. The van der Waals surface area contributed by atoms with E-state index in [-0.39, 0.29) is 5.41 Å². The lowest BCUT2D eigenvalue weighted by molar-refractivity contribution is 0.244. The molecule has 4 heteroatoms. The lowest BCUT2D eigenvalue weighted by Crippen LogP contribution is -2.41. The third-order valence-electron chi connectivity index (χ3n) is 4.38. The van der Waals surface area contributed by atoms with Gasteiger partial charge in [-0.3, -0.25) is 0 Å². The fourth-order valence-corrected chi connectivity index (χ4v) is 2.77. The van der Waals surface area contributed by atoms with Crippen molar-refractivity contribution in [2.45, 2.75) is 51.4 Å². The SMILES string of the molecule is CC1(c2nc(C3CC3(C)C)no2)CCCNC1. The van der Waals surface area contributed by atoms with Crippen molar-refractivity contribution in [2.75, 3.05) is 13.1 Å². The standard InChI is InChI=1S/C13H21N3O/c1-12(2)7-9(12)10-15-11(17-16-10)13(3)5-4-6-14-8-13/h9,14H,4-8H2,1-3H3. The summed E-state index contributed by atoms with van der Waals surface area (Å²) in [5.74, 6) is 2.24. The summed E-state index contributed by atoms with van der Waals surface area (Å²) >= 11 is 0. The van der Waals surface area contributed by atoms with Crippen LogP contribution in [0.25, 0.3) is 0 Å². The summed E-state index contributed by atoms with van der Waals surface area (Å²) in [5.41, 5.74) is 0.398. The first-order chi connectivity index (χ1) is 8.01. The highest BCUT2D eigenvalue weighted by Gasteiger charge is 2.50. The zero-order chi connectivity index (χ0) is 12.1. The molecule has 0 radical (unpaired) electrons. The number of nitrogens with one attached hydrogen (secondary N) is 1. The highest BCUT2D eigenvalue weighted by Crippen LogP contribution is 2.57. The fraction of sp³-hybridized carbons (Fsp3) is 0.846. The van der Waals surface area contributed by atoms with Crippen molar-refractivity contribution in [1.82, 2.24) is 15.5 Å². The second kappa shape index (κ2) is 3.55. The maximum Gasteiger partial charge on any atom is 0.233 e. The second-order valence-corrected chi connectivity index (χ2v) is 6.54. The zero-order valence-electron chi connectivity index (χ0n) is 10.9. The highest BCUT2D eigenvalue weighted by molar-refractivity contribution is 5.16. The molecule has 0 amide bonds. The van der Waals surface area contributed by atoms with E-state index in [0.717, 1.165) is 31.2 Å². The van der Waals surface area contributed by atoms with Gasteiger partial charge in [-0.25, -0.2) is 0 Å². The van der Waals surface area contributed by atoms with Crippen LogP contribution in [0.1, 0.15) is 57.7 Å². The smallest absolute Gasteiger partial charge is 0.233 e. The van der Waals surface area contributed by atoms with E-state index in [4.69, 9.17) is 4.52 Å². The topological polar surface area (TPSA) is 51.0 Å². The van der Waals surface area contributed by atoms with Gasteiger partial charge in [0.15, 0.2) is 5.82 Å². The van der Waals surface area contributed by atoms with Crippen molar-refractivity contribution in [3.8, 4) is 0 Å². The van der Waals surface area contributed by atoms with Crippen LogP contribution in [0.15, 0.2) is 4.52 Å². The van der Waals surface area contributed by atoms with Gasteiger partial charge in [-0.15, -0.1) is 0 Å². The van der Waals surface area contributed by atoms with Crippen LogP contribution in [0.5, 0.6) is 0 Å². The Morgan fingerprint density at radius 1 is 1.35 bits per heavy atom. The van der Waals surface area contributed by atoms with Crippen molar-refractivity contribution in [3.63, 3.8) is 0 Å². The van der Waals surface area contributed by atoms with Crippen LogP contribution in [0, 0.1) is 5.41 Å². The molecule has 0 bridgehead atoms. The van der Waals surface area contributed by atoms with Gasteiger partial charge in [0.2, 0.25) is 5.89 Å². The molecule has 1 aliphatic heterocycles. The van der Waals surface area contributed by atoms with Gasteiger partial charge in [-0.2, -0.15) is 4.98 Å². The molecule has 3 rings (SSSR count). The van der Waals surface area contributed by atoms with E-state index in [1.807, 2.05) is 0 Å². The molecule has 1 aromatic heterocycles. The molecule has 1 saturated heterocycles. The maximum absolute atomic E-state index is 5.50. The van der Waals surface area contributed by atoms with Gasteiger partial charge in [-0.05, 0) is 38.1 Å². The van der Waals surface area contributed by atoms with Gasteiger partial charge in [0.1, 0.15) is 0 Å². The summed E-state index contributed by atoms with van der Waals surface area (Å²) < 4.78 is 5.50. The largest absolute Gasteiger partial charge is 0.339 e. The van der Waals surface area contributed by atoms with Gasteiger partial charge in [0.25, 0.3) is 0 Å². The number of piperidine rings is 1. The average molecular weight is 235 g/mol. The Morgan fingerprint density at radius 3 is 2.71 bits per heavy atom. The van der Waals surface area contributed by atoms with Crippen LogP contribution in [-0.2, 0) is 5.41 Å². The van der Waals surface area contributed by atoms with Crippen molar-refractivity contribution in [1.29, 1.82) is 0 Å². The van der Waals surface area contributed by atoms with Crippen LogP contribution < -0.4 is 5.32 Å². The summed E-state index contributed by atoms with van der Waals surface area (Å²) in [4.78, 5) is 4.65. The lowest BCUT2D eigenvalue weighted by atomic mass is 9.83. The third-order valence-corrected chi connectivity index (χ3v) is 4.38. The molecule has 2 heterocycles. The molecule has 94 valence electrons. The molecule has 0 spiro atoms. The Labute approximate surface area is 102 Å². The summed E-state index contributed by atoms with van der Waals surface area (Å²) in [5, 5.41) is 7.60. The molecule has 2 aliphatic rings. The van der Waals surface area contributed by atoms with Crippen LogP contribution in [0.2, 0.25) is 0 Å². The number of hydrogen-bond acceptors (Lipinski definition) is 4. The van der Waals surface area contributed by atoms with Crippen molar-refractivity contribution in [2.24, 2.45) is 5.41 Å². The minimum absolute atomic E-state index is 0.0303. The molecule has 2 atom stereocenters. The maximum atomic E-state index is 5.50. The second-order valence-electron chi connectivity index (χ2n) is 6.54. The third kappa shape index (κ3) is 1.88. The summed E-state index contributed by atoms with van der Waals surface area (Å²) in [6.45, 7) is 8.79. The number of rotatable bonds is 2. The molecular formula is C13H21N3O. The minimum atomic E-state index is 0.0303. The molecule has 1 saturated carbocycles. The van der Waals surface area contributed by atoms with E-state index < -0.39 is 0 Å². The molecule has 1 aromatic rings. The highest BCUT2D eigenvalue weighted by atomic mass is 16.5. The Morgan fingerprint density at radius 2 is 2.12 bits per heavy atom. The lowest BCUT2D eigenvalue weighted by Gasteiger charge is -2.30. The quantitative estimate of drug-likeness (QED) is 0.854. The van der Waals surface area contributed by atoms with Crippen molar-refractivity contribution >= 4 is 0 Å². The summed E-state index contributed by atoms with van der Waals surface area (Å²) in [6.07, 6.45) is 3.50. The predicted molar refractivity (Wildman–Crippen MR) is 64.9 cm³/mol. The van der Waals surface area contributed by atoms with E-state index in [1.165, 1.54) is 12.8 Å². The van der Waals surface area contributed by atoms with Gasteiger partial charge in [-0.1, -0.05) is 19.0 Å². The molecule has 0 aromatic carbocycles. The molecule has 4 nitrogen and oxygen atoms in total. The van der Waals surface area contributed by atoms with Gasteiger partial charge < -0.3 is 9.84 Å². The monoisotopic (exact) mass is 235 g/mol. The Balaban J connectivity index is 1.80. The van der Waals surface area contributed by atoms with E-state index in [2.05, 4.69) is 36.2 Å². The number of aromatic nitrogens is 2. The van der Waals surface area contributed by atoms with E-state index >= 15 is 0 Å². The normalized spacial score (nSPS) is 35.8. The van der Waals surface area contributed by atoms with Crippen LogP contribution >= 0.6 is 0 Å². The van der Waals surface area contributed by atoms with Crippen LogP contribution in [0.3, 0.4) is 0 Å². The first-order valence-corrected chi connectivity index (χ1v) is 6.56. The molecule has 1 N–H and O–H groups in total. The molecule has 2 fully saturated rings. The summed E-state index contributed by atoms with van der Waals surface area (Å²) in [7, 11) is 0. The Bertz CT molecular complexity index is 418. The fourth-order valence-electron chi connectivity index (χ4n) is 2.77. The summed E-state index contributed by atoms with van der Waals surface area (Å²) in [6, 6.07) is 0. The van der Waals surface area contributed by atoms with Gasteiger partial charge in [0.05, 0.1) is 5.41 Å². The van der Waals surface area contributed by atoms with Gasteiger partial charge >= 0.3 is 0 Å². The first kappa shape index (κ1) is 11.2. The average Bonchev–Trinajstić information content (AvgIpc) is 2.76. The zero-order valence-corrected chi connectivity index (χ0v) is 10.9. The first-order valence-electron chi connectivity index (χ1n) is 6.56. The Hall–Kier alpha value is -0.900. The van der Waals surface area contributed by atoms with E-state index in [1.54, 1.807) is 0 Å². The van der Waals surface area contributed by atoms with Gasteiger partial charge in [0, 0.05) is 12.5 Å². The van der Waals surface area contributed by atoms with Crippen LogP contribution in [0.4, 0.5) is 0 Å². The minimum Gasteiger partial charge on any atom is -0.339 e. The van der Waals surface area contributed by atoms with E-state index in [9.17, 15) is 0 Å². The Kier molecular flexibility index (Phi) is 2.34. The molecule has 17 heavy (non-hydrogen) atoms.